The second-order valence-electron chi connectivity index (χ2n) is 5.62. The van der Waals surface area contributed by atoms with Crippen molar-refractivity contribution in [1.29, 1.82) is 0 Å². The molecule has 1 heterocycles. The molecule has 3 rings (SSSR count). The summed E-state index contributed by atoms with van der Waals surface area (Å²) in [5, 5.41) is 5.97. The van der Waals surface area contributed by atoms with E-state index in [0.717, 1.165) is 18.6 Å². The second kappa shape index (κ2) is 7.58. The Labute approximate surface area is 137 Å². The molecule has 2 aromatic carbocycles. The zero-order chi connectivity index (χ0) is 16.8. The molecule has 1 aromatic heterocycles. The second-order valence-corrected chi connectivity index (χ2v) is 5.62. The summed E-state index contributed by atoms with van der Waals surface area (Å²) < 4.78 is 2.07. The van der Waals surface area contributed by atoms with E-state index in [-0.39, 0.29) is 0 Å². The van der Waals surface area contributed by atoms with Gasteiger partial charge in [0.1, 0.15) is 5.69 Å². The van der Waals surface area contributed by atoms with Gasteiger partial charge in [-0.3, -0.25) is 9.48 Å². The molecule has 0 aliphatic rings. The highest BCUT2D eigenvalue weighted by molar-refractivity contribution is 5.93. The van der Waals surface area contributed by atoms with Crippen molar-refractivity contribution in [2.45, 2.75) is 20.4 Å². The third-order valence-corrected chi connectivity index (χ3v) is 3.46. The first-order chi connectivity index (χ1) is 11.1. The Morgan fingerprint density at radius 3 is 2.35 bits per heavy atom. The molecule has 4 nitrogen and oxygen atoms in total. The first-order valence-electron chi connectivity index (χ1n) is 7.71. The molecule has 0 bridgehead atoms. The Kier molecular flexibility index (Phi) is 5.52. The van der Waals surface area contributed by atoms with Crippen molar-refractivity contribution in [2.24, 2.45) is 0 Å². The van der Waals surface area contributed by atoms with E-state index in [1.54, 1.807) is 14.1 Å². The van der Waals surface area contributed by atoms with E-state index in [1.807, 2.05) is 6.07 Å². The highest BCUT2D eigenvalue weighted by Gasteiger charge is 2.11. The van der Waals surface area contributed by atoms with Gasteiger partial charge in [-0.15, -0.1) is 0 Å². The molecule has 0 fully saturated rings. The average Bonchev–Trinajstić information content (AvgIpc) is 2.94. The highest BCUT2D eigenvalue weighted by Crippen LogP contribution is 2.28. The summed E-state index contributed by atoms with van der Waals surface area (Å²) in [7, 11) is 3.38. The molecule has 23 heavy (non-hydrogen) atoms. The Morgan fingerprint density at radius 2 is 1.78 bits per heavy atom. The molecule has 1 amide bonds. The Balaban J connectivity index is 0.000000338. The first kappa shape index (κ1) is 16.7. The number of nitrogens with zero attached hydrogens (tertiary/aromatic N) is 3. The number of hydrogen-bond donors (Lipinski definition) is 0. The van der Waals surface area contributed by atoms with Gasteiger partial charge in [0.15, 0.2) is 0 Å². The number of fused-ring (bicyclic) bond motifs is 1. The molecular formula is C19H23N3O. The molecule has 0 saturated carbocycles. The van der Waals surface area contributed by atoms with Crippen LogP contribution in [0.25, 0.3) is 22.2 Å². The normalized spacial score (nSPS) is 10.1. The highest BCUT2D eigenvalue weighted by atomic mass is 16.1. The van der Waals surface area contributed by atoms with E-state index in [9.17, 15) is 4.79 Å². The minimum Gasteiger partial charge on any atom is -0.351 e. The van der Waals surface area contributed by atoms with Crippen LogP contribution in [0.5, 0.6) is 0 Å². The Hall–Kier alpha value is -2.62. The molecule has 3 aromatic rings. The zero-order valence-corrected chi connectivity index (χ0v) is 14.2. The summed E-state index contributed by atoms with van der Waals surface area (Å²) in [5.74, 6) is 0. The standard InChI is InChI=1S/C16H16N2.C3H7NO/c1-3-18-15-10-9-12(2)11-14(15)16(17-18)13-7-5-4-6-8-13;1-4(2)3-5/h4-11H,3H2,1-2H3;3H,1-2H3. The smallest absolute Gasteiger partial charge is 0.209 e. The van der Waals surface area contributed by atoms with Gasteiger partial charge in [0, 0.05) is 31.6 Å². The van der Waals surface area contributed by atoms with Crippen LogP contribution in [-0.2, 0) is 11.3 Å². The Bertz CT molecular complexity index is 776. The quantitative estimate of drug-likeness (QED) is 0.691. The predicted octanol–water partition coefficient (Wildman–Crippen LogP) is 3.74. The fourth-order valence-corrected chi connectivity index (χ4v) is 2.34. The van der Waals surface area contributed by atoms with E-state index in [1.165, 1.54) is 26.9 Å². The van der Waals surface area contributed by atoms with Gasteiger partial charge in [-0.25, -0.2) is 0 Å². The lowest BCUT2D eigenvalue weighted by molar-refractivity contribution is -0.115. The number of aryl methyl sites for hydroxylation is 2. The van der Waals surface area contributed by atoms with Crippen LogP contribution in [0.2, 0.25) is 0 Å². The SMILES string of the molecule is CCn1nc(-c2ccccc2)c2cc(C)ccc21.CN(C)C=O. The molecule has 4 heteroatoms. The number of rotatable bonds is 3. The average molecular weight is 309 g/mol. The number of carbonyl (C=O) groups excluding carboxylic acids is 1. The molecule has 0 N–H and O–H groups in total. The van der Waals surface area contributed by atoms with Gasteiger partial charge >= 0.3 is 0 Å². The maximum atomic E-state index is 9.43. The van der Waals surface area contributed by atoms with E-state index in [2.05, 4.69) is 61.0 Å². The predicted molar refractivity (Wildman–Crippen MR) is 95.3 cm³/mol. The lowest BCUT2D eigenvalue weighted by Gasteiger charge is -1.98. The zero-order valence-electron chi connectivity index (χ0n) is 14.2. The number of hydrogen-bond acceptors (Lipinski definition) is 2. The van der Waals surface area contributed by atoms with Gasteiger partial charge < -0.3 is 4.90 Å². The van der Waals surface area contributed by atoms with E-state index in [4.69, 9.17) is 5.10 Å². The van der Waals surface area contributed by atoms with Crippen molar-refractivity contribution in [3.63, 3.8) is 0 Å². The van der Waals surface area contributed by atoms with Crippen LogP contribution < -0.4 is 0 Å². The molecule has 0 atom stereocenters. The van der Waals surface area contributed by atoms with Gasteiger partial charge in [0.2, 0.25) is 6.41 Å². The summed E-state index contributed by atoms with van der Waals surface area (Å²) in [6.07, 6.45) is 0.750. The summed E-state index contributed by atoms with van der Waals surface area (Å²) in [6, 6.07) is 16.9. The van der Waals surface area contributed by atoms with Crippen molar-refractivity contribution in [1.82, 2.24) is 14.7 Å². The van der Waals surface area contributed by atoms with Crippen LogP contribution >= 0.6 is 0 Å². The number of aromatic nitrogens is 2. The fraction of sp³-hybridized carbons (Fsp3) is 0.263. The topological polar surface area (TPSA) is 38.1 Å². The van der Waals surface area contributed by atoms with Crippen molar-refractivity contribution >= 4 is 17.3 Å². The number of carbonyl (C=O) groups is 1. The van der Waals surface area contributed by atoms with E-state index in [0.29, 0.717) is 0 Å². The van der Waals surface area contributed by atoms with E-state index >= 15 is 0 Å². The fourth-order valence-electron chi connectivity index (χ4n) is 2.34. The summed E-state index contributed by atoms with van der Waals surface area (Å²) in [4.78, 5) is 10.9. The van der Waals surface area contributed by atoms with Crippen LogP contribution in [0.15, 0.2) is 48.5 Å². The Morgan fingerprint density at radius 1 is 1.13 bits per heavy atom. The van der Waals surface area contributed by atoms with Crippen LogP contribution in [0.1, 0.15) is 12.5 Å². The van der Waals surface area contributed by atoms with Crippen LogP contribution in [0, 0.1) is 6.92 Å². The van der Waals surface area contributed by atoms with Gasteiger partial charge in [0.25, 0.3) is 0 Å². The maximum absolute atomic E-state index is 9.43. The van der Waals surface area contributed by atoms with Crippen LogP contribution in [-0.4, -0.2) is 35.2 Å². The van der Waals surface area contributed by atoms with Gasteiger partial charge in [-0.2, -0.15) is 5.10 Å². The summed E-state index contributed by atoms with van der Waals surface area (Å²) in [6.45, 7) is 5.14. The minimum absolute atomic E-state index is 0.750. The largest absolute Gasteiger partial charge is 0.351 e. The molecule has 0 spiro atoms. The summed E-state index contributed by atoms with van der Waals surface area (Å²) in [5.41, 5.74) is 4.74. The van der Waals surface area contributed by atoms with Gasteiger partial charge in [0.05, 0.1) is 5.52 Å². The third-order valence-electron chi connectivity index (χ3n) is 3.46. The maximum Gasteiger partial charge on any atom is 0.209 e. The number of benzene rings is 2. The van der Waals surface area contributed by atoms with Gasteiger partial charge in [-0.1, -0.05) is 42.0 Å². The number of amides is 1. The van der Waals surface area contributed by atoms with Crippen molar-refractivity contribution in [3.8, 4) is 11.3 Å². The van der Waals surface area contributed by atoms with E-state index < -0.39 is 0 Å². The lowest BCUT2D eigenvalue weighted by Crippen LogP contribution is -2.06. The molecular weight excluding hydrogens is 286 g/mol. The molecule has 120 valence electrons. The van der Waals surface area contributed by atoms with Crippen LogP contribution in [0.3, 0.4) is 0 Å². The molecule has 0 aliphatic carbocycles. The molecule has 0 unspecified atom stereocenters. The molecule has 0 aliphatic heterocycles. The lowest BCUT2D eigenvalue weighted by atomic mass is 10.1. The van der Waals surface area contributed by atoms with Crippen molar-refractivity contribution in [2.75, 3.05) is 14.1 Å². The third kappa shape index (κ3) is 3.97. The first-order valence-corrected chi connectivity index (χ1v) is 7.71. The minimum atomic E-state index is 0.750. The van der Waals surface area contributed by atoms with Gasteiger partial charge in [-0.05, 0) is 26.0 Å². The molecule has 0 radical (unpaired) electrons. The monoisotopic (exact) mass is 309 g/mol. The summed E-state index contributed by atoms with van der Waals surface area (Å²) >= 11 is 0. The van der Waals surface area contributed by atoms with Crippen molar-refractivity contribution in [3.05, 3.63) is 54.1 Å². The van der Waals surface area contributed by atoms with Crippen LogP contribution in [0.4, 0.5) is 0 Å². The molecule has 0 saturated heterocycles. The van der Waals surface area contributed by atoms with Crippen molar-refractivity contribution < 1.29 is 4.79 Å².